The molecule has 0 fully saturated rings. The van der Waals surface area contributed by atoms with E-state index < -0.39 is 18.3 Å². The van der Waals surface area contributed by atoms with Crippen LogP contribution in [-0.2, 0) is 14.3 Å². The van der Waals surface area contributed by atoms with Gasteiger partial charge < -0.3 is 30.4 Å². The van der Waals surface area contributed by atoms with E-state index in [0.717, 1.165) is 5.56 Å². The van der Waals surface area contributed by atoms with Crippen molar-refractivity contribution in [2.75, 3.05) is 30.6 Å². The summed E-state index contributed by atoms with van der Waals surface area (Å²) in [6, 6.07) is 19.1. The molecule has 2 atom stereocenters. The number of aryl methyl sites for hydroxylation is 1. The molecule has 5 N–H and O–H groups in total. The fourth-order valence-electron chi connectivity index (χ4n) is 3.77. The Morgan fingerprint density at radius 2 is 1.76 bits per heavy atom. The molecule has 2 amide bonds. The average Bonchev–Trinajstić information content (AvgIpc) is 2.90. The lowest BCUT2D eigenvalue weighted by Crippen LogP contribution is -2.28. The van der Waals surface area contributed by atoms with E-state index in [1.807, 2.05) is 19.1 Å². The lowest BCUT2D eigenvalue weighted by atomic mass is 9.99. The molecule has 3 aromatic rings. The minimum atomic E-state index is -0.853. The van der Waals surface area contributed by atoms with E-state index in [1.165, 1.54) is 26.4 Å². The van der Waals surface area contributed by atoms with Crippen molar-refractivity contribution in [3.63, 3.8) is 0 Å². The third-order valence-electron chi connectivity index (χ3n) is 5.81. The highest BCUT2D eigenvalue weighted by molar-refractivity contribution is 6.01. The van der Waals surface area contributed by atoms with Crippen LogP contribution in [0.3, 0.4) is 0 Å². The number of hydrogen-bond acceptors (Lipinski definition) is 7. The van der Waals surface area contributed by atoms with Crippen LogP contribution in [0, 0.1) is 6.92 Å². The number of aromatic hydroxyl groups is 1. The number of carbonyl (C=O) groups is 2. The number of nitrogen functional groups attached to an aromatic ring is 1. The van der Waals surface area contributed by atoms with Crippen LogP contribution in [0.4, 0.5) is 21.9 Å². The Balaban J connectivity index is 1.70. The van der Waals surface area contributed by atoms with Crippen molar-refractivity contribution in [3.05, 3.63) is 90.0 Å². The topological polar surface area (TPSA) is 132 Å². The van der Waals surface area contributed by atoms with E-state index in [9.17, 15) is 14.7 Å². The number of ether oxygens (including phenoxy) is 3. The van der Waals surface area contributed by atoms with Crippen molar-refractivity contribution < 1.29 is 28.9 Å². The van der Waals surface area contributed by atoms with Crippen molar-refractivity contribution in [1.82, 2.24) is 0 Å². The van der Waals surface area contributed by atoms with Gasteiger partial charge in [0.05, 0.1) is 24.6 Å². The lowest BCUT2D eigenvalue weighted by molar-refractivity contribution is -0.111. The van der Waals surface area contributed by atoms with Gasteiger partial charge in [-0.2, -0.15) is 0 Å². The first-order valence-electron chi connectivity index (χ1n) is 12.1. The van der Waals surface area contributed by atoms with Gasteiger partial charge in [0.2, 0.25) is 5.91 Å². The number of para-hydroxylation sites is 2. The number of phenols is 1. The van der Waals surface area contributed by atoms with E-state index in [2.05, 4.69) is 10.6 Å². The zero-order chi connectivity index (χ0) is 27.5. The standard InChI is InChI=1S/C29H33N3O6/c1-19-12-15-21(16-13-19)31-29(35)38-28(20-14-17-25(36-2)24(33)18-20)26(37-3)10-6-7-11-27(34)32-23-9-5-4-8-22(23)30/h4-5,7-9,11-18,26,28,33H,6,10,30H2,1-3H3,(H,31,35)(H,32,34)/b11-7+/t26-,28-/m1/s1. The van der Waals surface area contributed by atoms with Gasteiger partial charge in [0.15, 0.2) is 17.6 Å². The Morgan fingerprint density at radius 1 is 1.03 bits per heavy atom. The third-order valence-corrected chi connectivity index (χ3v) is 5.81. The molecule has 9 heteroatoms. The number of benzene rings is 3. The number of phenolic OH excluding ortho intramolecular Hbond substituents is 1. The molecule has 0 saturated heterocycles. The number of rotatable bonds is 11. The minimum absolute atomic E-state index is 0.0934. The van der Waals surface area contributed by atoms with E-state index in [1.54, 1.807) is 54.6 Å². The van der Waals surface area contributed by atoms with E-state index >= 15 is 0 Å². The molecule has 3 aromatic carbocycles. The van der Waals surface area contributed by atoms with Crippen LogP contribution in [0.15, 0.2) is 78.9 Å². The molecule has 0 aliphatic rings. The van der Waals surface area contributed by atoms with Gasteiger partial charge in [-0.25, -0.2) is 4.79 Å². The van der Waals surface area contributed by atoms with Crippen LogP contribution in [0.5, 0.6) is 11.5 Å². The fraction of sp³-hybridized carbons (Fsp3) is 0.241. The van der Waals surface area contributed by atoms with Gasteiger partial charge in [0, 0.05) is 12.8 Å². The summed E-state index contributed by atoms with van der Waals surface area (Å²) >= 11 is 0. The van der Waals surface area contributed by atoms with Crippen molar-refractivity contribution in [1.29, 1.82) is 0 Å². The molecule has 3 rings (SSSR count). The van der Waals surface area contributed by atoms with Gasteiger partial charge in [-0.15, -0.1) is 0 Å². The summed E-state index contributed by atoms with van der Waals surface area (Å²) in [5, 5.41) is 15.8. The lowest BCUT2D eigenvalue weighted by Gasteiger charge is -2.26. The molecule has 9 nitrogen and oxygen atoms in total. The van der Waals surface area contributed by atoms with Gasteiger partial charge in [0.25, 0.3) is 0 Å². The summed E-state index contributed by atoms with van der Waals surface area (Å²) in [7, 11) is 2.96. The summed E-state index contributed by atoms with van der Waals surface area (Å²) in [5.74, 6) is -0.120. The zero-order valence-corrected chi connectivity index (χ0v) is 21.6. The molecule has 0 aromatic heterocycles. The minimum Gasteiger partial charge on any atom is -0.504 e. The number of hydrogen-bond donors (Lipinski definition) is 4. The first-order chi connectivity index (χ1) is 18.3. The Hall–Kier alpha value is -4.50. The van der Waals surface area contributed by atoms with Gasteiger partial charge in [-0.3, -0.25) is 10.1 Å². The van der Waals surface area contributed by atoms with Crippen LogP contribution in [0.2, 0.25) is 0 Å². The van der Waals surface area contributed by atoms with Crippen LogP contribution in [0.25, 0.3) is 0 Å². The number of amides is 2. The molecule has 38 heavy (non-hydrogen) atoms. The number of carbonyl (C=O) groups excluding carboxylic acids is 2. The number of allylic oxidation sites excluding steroid dienone is 1. The second-order valence-corrected chi connectivity index (χ2v) is 8.58. The van der Waals surface area contributed by atoms with Crippen LogP contribution in [0.1, 0.15) is 30.1 Å². The predicted octanol–water partition coefficient (Wildman–Crippen LogP) is 5.57. The molecule has 0 aliphatic carbocycles. The van der Waals surface area contributed by atoms with Gasteiger partial charge in [0.1, 0.15) is 0 Å². The van der Waals surface area contributed by atoms with E-state index in [4.69, 9.17) is 19.9 Å². The van der Waals surface area contributed by atoms with E-state index in [0.29, 0.717) is 41.2 Å². The largest absolute Gasteiger partial charge is 0.504 e. The molecule has 0 heterocycles. The van der Waals surface area contributed by atoms with E-state index in [-0.39, 0.29) is 11.7 Å². The zero-order valence-electron chi connectivity index (χ0n) is 21.6. The summed E-state index contributed by atoms with van der Waals surface area (Å²) < 4.78 is 16.6. The maximum atomic E-state index is 12.8. The normalized spacial score (nSPS) is 12.5. The average molecular weight is 520 g/mol. The molecular weight excluding hydrogens is 486 g/mol. The Kier molecular flexibility index (Phi) is 10.1. The molecule has 0 unspecified atom stereocenters. The highest BCUT2D eigenvalue weighted by atomic mass is 16.6. The number of nitrogens with one attached hydrogen (secondary N) is 2. The Bertz CT molecular complexity index is 1260. The second-order valence-electron chi connectivity index (χ2n) is 8.58. The van der Waals surface area contributed by atoms with Crippen LogP contribution >= 0.6 is 0 Å². The molecule has 200 valence electrons. The Morgan fingerprint density at radius 3 is 2.42 bits per heavy atom. The Labute approximate surface area is 222 Å². The molecule has 0 spiro atoms. The molecule has 0 bridgehead atoms. The van der Waals surface area contributed by atoms with Crippen molar-refractivity contribution in [2.24, 2.45) is 0 Å². The highest BCUT2D eigenvalue weighted by Gasteiger charge is 2.28. The third kappa shape index (κ3) is 8.01. The van der Waals surface area contributed by atoms with Crippen LogP contribution < -0.4 is 21.1 Å². The SMILES string of the molecule is COc1ccc([C@@H](OC(=O)Nc2ccc(C)cc2)[C@@H](CC/C=C/C(=O)Nc2ccccc2N)OC)cc1O. The quantitative estimate of drug-likeness (QED) is 0.192. The predicted molar refractivity (Wildman–Crippen MR) is 147 cm³/mol. The number of nitrogens with two attached hydrogens (primary N) is 1. The van der Waals surface area contributed by atoms with Crippen molar-refractivity contribution in [3.8, 4) is 11.5 Å². The fourth-order valence-corrected chi connectivity index (χ4v) is 3.77. The summed E-state index contributed by atoms with van der Waals surface area (Å²) in [5.41, 5.74) is 9.04. The monoisotopic (exact) mass is 519 g/mol. The van der Waals surface area contributed by atoms with Gasteiger partial charge in [-0.05, 0) is 67.8 Å². The first-order valence-corrected chi connectivity index (χ1v) is 12.1. The summed E-state index contributed by atoms with van der Waals surface area (Å²) in [4.78, 5) is 25.0. The molecule has 0 saturated carbocycles. The van der Waals surface area contributed by atoms with Crippen molar-refractivity contribution in [2.45, 2.75) is 32.0 Å². The second kappa shape index (κ2) is 13.7. The maximum absolute atomic E-state index is 12.8. The van der Waals surface area contributed by atoms with Crippen molar-refractivity contribution >= 4 is 29.1 Å². The number of anilines is 3. The molecule has 0 radical (unpaired) electrons. The molecular formula is C29H33N3O6. The highest BCUT2D eigenvalue weighted by Crippen LogP contribution is 2.34. The summed E-state index contributed by atoms with van der Waals surface area (Å²) in [6.45, 7) is 1.95. The summed E-state index contributed by atoms with van der Waals surface area (Å²) in [6.07, 6.45) is 1.89. The van der Waals surface area contributed by atoms with Gasteiger partial charge >= 0.3 is 6.09 Å². The molecule has 0 aliphatic heterocycles. The maximum Gasteiger partial charge on any atom is 0.412 e. The first kappa shape index (κ1) is 28.1. The number of methoxy groups -OCH3 is 2. The van der Waals surface area contributed by atoms with Crippen LogP contribution in [-0.4, -0.2) is 37.4 Å². The van der Waals surface area contributed by atoms with Gasteiger partial charge in [-0.1, -0.05) is 42.0 Å². The smallest absolute Gasteiger partial charge is 0.412 e.